The molecule has 0 saturated carbocycles. The Kier molecular flexibility index (Phi) is 6.64. The molecule has 1 aliphatic rings. The fraction of sp³-hybridized carbons (Fsp3) is 0.148. The Bertz CT molecular complexity index is 1310. The van der Waals surface area contributed by atoms with E-state index in [4.69, 9.17) is 9.47 Å². The number of methoxy groups -OCH3 is 1. The molecule has 178 valence electrons. The Balaban J connectivity index is 1.90. The first-order valence-corrected chi connectivity index (χ1v) is 10.8. The first-order valence-electron chi connectivity index (χ1n) is 10.8. The van der Waals surface area contributed by atoms with E-state index in [-0.39, 0.29) is 29.0 Å². The minimum Gasteiger partial charge on any atom is -0.507 e. The second-order valence-electron chi connectivity index (χ2n) is 7.72. The maximum absolute atomic E-state index is 13.4. The smallest absolute Gasteiger partial charge is 0.338 e. The van der Waals surface area contributed by atoms with E-state index in [1.807, 2.05) is 0 Å². The molecule has 1 saturated heterocycles. The highest BCUT2D eigenvalue weighted by molar-refractivity contribution is 6.51. The third-order valence-corrected chi connectivity index (χ3v) is 5.63. The largest absolute Gasteiger partial charge is 0.507 e. The van der Waals surface area contributed by atoms with Crippen LogP contribution < -0.4 is 9.64 Å². The number of nitrogens with zero attached hydrogens (tertiary/aromatic N) is 1. The van der Waals surface area contributed by atoms with Gasteiger partial charge in [0.15, 0.2) is 0 Å². The Hall–Kier alpha value is -4.46. The molecule has 1 aliphatic heterocycles. The van der Waals surface area contributed by atoms with Gasteiger partial charge in [0.05, 0.1) is 30.9 Å². The molecule has 0 aromatic heterocycles. The fourth-order valence-corrected chi connectivity index (χ4v) is 3.96. The van der Waals surface area contributed by atoms with Crippen LogP contribution in [0.25, 0.3) is 5.76 Å². The molecule has 0 radical (unpaired) electrons. The van der Waals surface area contributed by atoms with Gasteiger partial charge in [0.1, 0.15) is 17.3 Å². The first kappa shape index (κ1) is 23.7. The summed E-state index contributed by atoms with van der Waals surface area (Å²) in [5.41, 5.74) is 1.03. The standard InChI is InChI=1S/C27H22FNO6/c1-3-35-27(33)18-5-4-6-20(15-18)29-23(16-9-13-21(34-2)14-10-16)22(25(31)26(29)32)24(30)17-7-11-19(28)12-8-17/h4-15,23,30H,3H2,1-2H3/b24-22+. The van der Waals surface area contributed by atoms with Crippen LogP contribution in [-0.4, -0.2) is 36.5 Å². The number of anilines is 1. The normalized spacial score (nSPS) is 16.9. The van der Waals surface area contributed by atoms with Crippen molar-refractivity contribution in [3.8, 4) is 5.75 Å². The van der Waals surface area contributed by atoms with Crippen molar-refractivity contribution in [1.29, 1.82) is 0 Å². The van der Waals surface area contributed by atoms with Gasteiger partial charge in [-0.3, -0.25) is 14.5 Å². The highest BCUT2D eigenvalue weighted by atomic mass is 19.1. The van der Waals surface area contributed by atoms with Gasteiger partial charge in [-0.15, -0.1) is 0 Å². The molecule has 7 nitrogen and oxygen atoms in total. The number of ketones is 1. The number of amides is 1. The van der Waals surface area contributed by atoms with Crippen LogP contribution in [0.5, 0.6) is 5.75 Å². The van der Waals surface area contributed by atoms with E-state index in [1.54, 1.807) is 49.4 Å². The zero-order valence-electron chi connectivity index (χ0n) is 19.0. The van der Waals surface area contributed by atoms with E-state index in [0.717, 1.165) is 12.1 Å². The number of carbonyl (C=O) groups excluding carboxylic acids is 3. The molecule has 35 heavy (non-hydrogen) atoms. The summed E-state index contributed by atoms with van der Waals surface area (Å²) in [7, 11) is 1.51. The molecule has 8 heteroatoms. The van der Waals surface area contributed by atoms with Crippen molar-refractivity contribution in [1.82, 2.24) is 0 Å². The number of Topliss-reactive ketones (excluding diaryl/α,β-unsaturated/α-hetero) is 1. The van der Waals surface area contributed by atoms with E-state index in [2.05, 4.69) is 0 Å². The van der Waals surface area contributed by atoms with Crippen LogP contribution >= 0.6 is 0 Å². The lowest BCUT2D eigenvalue weighted by atomic mass is 9.95. The van der Waals surface area contributed by atoms with E-state index >= 15 is 0 Å². The van der Waals surface area contributed by atoms with Gasteiger partial charge in [0.25, 0.3) is 11.7 Å². The van der Waals surface area contributed by atoms with Crippen molar-refractivity contribution in [3.05, 3.63) is 101 Å². The molecule has 0 aliphatic carbocycles. The predicted molar refractivity (Wildman–Crippen MR) is 127 cm³/mol. The number of esters is 1. The third-order valence-electron chi connectivity index (χ3n) is 5.63. The minimum absolute atomic E-state index is 0.159. The van der Waals surface area contributed by atoms with Crippen LogP contribution in [0.2, 0.25) is 0 Å². The summed E-state index contributed by atoms with van der Waals surface area (Å²) >= 11 is 0. The molecule has 1 amide bonds. The van der Waals surface area contributed by atoms with Crippen LogP contribution in [0.3, 0.4) is 0 Å². The summed E-state index contributed by atoms with van der Waals surface area (Å²) in [4.78, 5) is 40.0. The number of hydrogen-bond acceptors (Lipinski definition) is 6. The maximum Gasteiger partial charge on any atom is 0.338 e. The van der Waals surface area contributed by atoms with Crippen molar-refractivity contribution < 1.29 is 33.4 Å². The van der Waals surface area contributed by atoms with Gasteiger partial charge in [-0.05, 0) is 67.1 Å². The van der Waals surface area contributed by atoms with Crippen LogP contribution in [-0.2, 0) is 14.3 Å². The summed E-state index contributed by atoms with van der Waals surface area (Å²) in [5, 5.41) is 11.1. The maximum atomic E-state index is 13.4. The highest BCUT2D eigenvalue weighted by Gasteiger charge is 2.47. The van der Waals surface area contributed by atoms with E-state index in [9.17, 15) is 23.9 Å². The van der Waals surface area contributed by atoms with Crippen molar-refractivity contribution in [2.75, 3.05) is 18.6 Å². The molecular weight excluding hydrogens is 453 g/mol. The van der Waals surface area contributed by atoms with E-state index in [0.29, 0.717) is 11.3 Å². The second kappa shape index (κ2) is 9.80. The first-order chi connectivity index (χ1) is 16.8. The van der Waals surface area contributed by atoms with Gasteiger partial charge in [-0.25, -0.2) is 9.18 Å². The zero-order chi connectivity index (χ0) is 25.1. The van der Waals surface area contributed by atoms with Gasteiger partial charge in [0, 0.05) is 11.3 Å². The Morgan fingerprint density at radius 3 is 2.31 bits per heavy atom. The summed E-state index contributed by atoms with van der Waals surface area (Å²) < 4.78 is 23.7. The minimum atomic E-state index is -1.01. The quantitative estimate of drug-likeness (QED) is 0.242. The van der Waals surface area contributed by atoms with E-state index in [1.165, 1.54) is 30.2 Å². The molecule has 1 fully saturated rings. The van der Waals surface area contributed by atoms with Gasteiger partial charge >= 0.3 is 5.97 Å². The Morgan fingerprint density at radius 2 is 1.69 bits per heavy atom. The molecule has 4 rings (SSSR count). The topological polar surface area (TPSA) is 93.1 Å². The number of aliphatic hydroxyl groups is 1. The molecule has 3 aromatic rings. The predicted octanol–water partition coefficient (Wildman–Crippen LogP) is 4.64. The van der Waals surface area contributed by atoms with Gasteiger partial charge in [-0.2, -0.15) is 0 Å². The third kappa shape index (κ3) is 4.50. The highest BCUT2D eigenvalue weighted by Crippen LogP contribution is 2.42. The molecule has 1 unspecified atom stereocenters. The number of ether oxygens (including phenoxy) is 2. The fourth-order valence-electron chi connectivity index (χ4n) is 3.96. The second-order valence-corrected chi connectivity index (χ2v) is 7.72. The SMILES string of the molecule is CCOC(=O)c1cccc(N2C(=O)C(=O)/C(=C(/O)c3ccc(F)cc3)C2c2ccc(OC)cc2)c1. The van der Waals surface area contributed by atoms with E-state index < -0.39 is 35.3 Å². The summed E-state index contributed by atoms with van der Waals surface area (Å²) in [6, 6.07) is 16.8. The van der Waals surface area contributed by atoms with Crippen LogP contribution in [0.4, 0.5) is 10.1 Å². The monoisotopic (exact) mass is 475 g/mol. The van der Waals surface area contributed by atoms with Crippen molar-refractivity contribution >= 4 is 29.1 Å². The summed E-state index contributed by atoms with van der Waals surface area (Å²) in [6.45, 7) is 1.86. The lowest BCUT2D eigenvalue weighted by molar-refractivity contribution is -0.132. The molecule has 1 heterocycles. The molecule has 1 atom stereocenters. The number of halogens is 1. The lowest BCUT2D eigenvalue weighted by Crippen LogP contribution is -2.29. The number of carbonyl (C=O) groups is 3. The van der Waals surface area contributed by atoms with Crippen LogP contribution in [0.1, 0.15) is 34.5 Å². The van der Waals surface area contributed by atoms with Gasteiger partial charge < -0.3 is 14.6 Å². The van der Waals surface area contributed by atoms with Gasteiger partial charge in [-0.1, -0.05) is 18.2 Å². The van der Waals surface area contributed by atoms with Crippen molar-refractivity contribution in [2.45, 2.75) is 13.0 Å². The van der Waals surface area contributed by atoms with Crippen LogP contribution in [0.15, 0.2) is 78.4 Å². The van der Waals surface area contributed by atoms with Crippen molar-refractivity contribution in [2.24, 2.45) is 0 Å². The average Bonchev–Trinajstić information content (AvgIpc) is 3.14. The van der Waals surface area contributed by atoms with Crippen molar-refractivity contribution in [3.63, 3.8) is 0 Å². The Morgan fingerprint density at radius 1 is 1.00 bits per heavy atom. The van der Waals surface area contributed by atoms with Gasteiger partial charge in [0.2, 0.25) is 0 Å². The average molecular weight is 475 g/mol. The summed E-state index contributed by atoms with van der Waals surface area (Å²) in [6.07, 6.45) is 0. The molecular formula is C27H22FNO6. The Labute approximate surface area is 201 Å². The van der Waals surface area contributed by atoms with Crippen LogP contribution in [0, 0.1) is 5.82 Å². The molecule has 1 N–H and O–H groups in total. The number of benzene rings is 3. The zero-order valence-corrected chi connectivity index (χ0v) is 19.0. The number of hydrogen-bond donors (Lipinski definition) is 1. The summed E-state index contributed by atoms with van der Waals surface area (Å²) in [5.74, 6) is -2.74. The molecule has 0 spiro atoms. The number of rotatable bonds is 6. The lowest BCUT2D eigenvalue weighted by Gasteiger charge is -2.26. The number of aliphatic hydroxyl groups excluding tert-OH is 1. The molecule has 0 bridgehead atoms. The molecule has 3 aromatic carbocycles.